The quantitative estimate of drug-likeness (QED) is 0.435. The van der Waals surface area contributed by atoms with Gasteiger partial charge >= 0.3 is 0 Å². The number of anilines is 1. The van der Waals surface area contributed by atoms with Gasteiger partial charge in [-0.1, -0.05) is 6.07 Å². The molecule has 0 bridgehead atoms. The van der Waals surface area contributed by atoms with Crippen molar-refractivity contribution in [1.29, 1.82) is 5.26 Å². The maximum Gasteiger partial charge on any atom is 0.273 e. The number of aromatic nitrogens is 3. The summed E-state index contributed by atoms with van der Waals surface area (Å²) in [5, 5.41) is 20.9. The van der Waals surface area contributed by atoms with Gasteiger partial charge in [0.1, 0.15) is 18.1 Å². The van der Waals surface area contributed by atoms with E-state index in [1.165, 1.54) is 12.4 Å². The van der Waals surface area contributed by atoms with Crippen molar-refractivity contribution < 1.29 is 9.72 Å². The van der Waals surface area contributed by atoms with Crippen LogP contribution in [0.15, 0.2) is 55.1 Å². The molecule has 33 heavy (non-hydrogen) atoms. The highest BCUT2D eigenvalue weighted by molar-refractivity contribution is 5.95. The third-order valence-electron chi connectivity index (χ3n) is 5.68. The minimum absolute atomic E-state index is 0.0609. The lowest BCUT2D eigenvalue weighted by atomic mass is 9.98. The number of hydrogen-bond donors (Lipinski definition) is 0. The molecule has 3 aromatic rings. The highest BCUT2D eigenvalue weighted by Gasteiger charge is 2.25. The molecule has 1 aliphatic rings. The lowest BCUT2D eigenvalue weighted by Crippen LogP contribution is -2.49. The van der Waals surface area contributed by atoms with Gasteiger partial charge in [0.25, 0.3) is 11.6 Å². The van der Waals surface area contributed by atoms with Crippen molar-refractivity contribution in [3.63, 3.8) is 0 Å². The van der Waals surface area contributed by atoms with E-state index in [1.54, 1.807) is 54.5 Å². The molecule has 166 valence electrons. The summed E-state index contributed by atoms with van der Waals surface area (Å²) in [6.07, 6.45) is 4.72. The largest absolute Gasteiger partial charge is 0.353 e. The number of hydrogen-bond acceptors (Lipinski definition) is 8. The Morgan fingerprint density at radius 2 is 1.85 bits per heavy atom. The van der Waals surface area contributed by atoms with Crippen LogP contribution < -0.4 is 4.90 Å². The number of nitrogens with zero attached hydrogens (tertiary/aromatic N) is 7. The molecule has 0 N–H and O–H groups in total. The van der Waals surface area contributed by atoms with Gasteiger partial charge in [0.05, 0.1) is 16.7 Å². The Labute approximate surface area is 190 Å². The Kier molecular flexibility index (Phi) is 6.22. The molecule has 1 saturated heterocycles. The number of pyridine rings is 1. The second-order valence-electron chi connectivity index (χ2n) is 7.68. The first-order chi connectivity index (χ1) is 16.0. The molecule has 0 radical (unpaired) electrons. The van der Waals surface area contributed by atoms with Crippen LogP contribution in [-0.2, 0) is 0 Å². The summed E-state index contributed by atoms with van der Waals surface area (Å²) in [7, 11) is 0. The summed E-state index contributed by atoms with van der Waals surface area (Å²) in [6.45, 7) is 3.63. The molecule has 10 heteroatoms. The highest BCUT2D eigenvalue weighted by atomic mass is 16.6. The molecule has 0 saturated carbocycles. The van der Waals surface area contributed by atoms with E-state index in [0.717, 1.165) is 5.56 Å². The standard InChI is InChI=1S/C23H21N7O3/c1-16-2-3-18(12-21(16)30(32)33)23(31)29-10-8-28(9-11-29)22-13-20(26-15-27-22)19(14-24)17-4-6-25-7-5-17/h2-7,12-13,15,19H,8-11H2,1H3. The zero-order valence-corrected chi connectivity index (χ0v) is 18.0. The van der Waals surface area contributed by atoms with E-state index in [1.807, 2.05) is 4.90 Å². The molecule has 0 aliphatic carbocycles. The molecule has 1 amide bonds. The van der Waals surface area contributed by atoms with Gasteiger partial charge in [-0.25, -0.2) is 9.97 Å². The van der Waals surface area contributed by atoms with Crippen molar-refractivity contribution in [3.05, 3.63) is 87.6 Å². The monoisotopic (exact) mass is 443 g/mol. The number of nitriles is 1. The molecule has 10 nitrogen and oxygen atoms in total. The van der Waals surface area contributed by atoms with E-state index >= 15 is 0 Å². The fraction of sp³-hybridized carbons (Fsp3) is 0.261. The number of nitro benzene ring substituents is 1. The molecule has 0 spiro atoms. The van der Waals surface area contributed by atoms with Crippen molar-refractivity contribution in [2.45, 2.75) is 12.8 Å². The second-order valence-corrected chi connectivity index (χ2v) is 7.68. The van der Waals surface area contributed by atoms with Gasteiger partial charge < -0.3 is 9.80 Å². The van der Waals surface area contributed by atoms with Gasteiger partial charge in [0.2, 0.25) is 0 Å². The smallest absolute Gasteiger partial charge is 0.273 e. The lowest BCUT2D eigenvalue weighted by molar-refractivity contribution is -0.385. The van der Waals surface area contributed by atoms with Gasteiger partial charge in [0.15, 0.2) is 0 Å². The average molecular weight is 443 g/mol. The SMILES string of the molecule is Cc1ccc(C(=O)N2CCN(c3cc(C(C#N)c4ccncc4)ncn3)CC2)cc1[N+](=O)[O-]. The van der Waals surface area contributed by atoms with Crippen LogP contribution >= 0.6 is 0 Å². The minimum atomic E-state index is -0.532. The first-order valence-electron chi connectivity index (χ1n) is 10.4. The van der Waals surface area contributed by atoms with Crippen LogP contribution in [0.25, 0.3) is 0 Å². The van der Waals surface area contributed by atoms with Crippen molar-refractivity contribution in [3.8, 4) is 6.07 Å². The molecular formula is C23H21N7O3. The summed E-state index contributed by atoms with van der Waals surface area (Å²) in [5.74, 6) is -0.0781. The Morgan fingerprint density at radius 3 is 2.52 bits per heavy atom. The number of carbonyl (C=O) groups is 1. The van der Waals surface area contributed by atoms with Gasteiger partial charge in [-0.3, -0.25) is 19.9 Å². The van der Waals surface area contributed by atoms with E-state index < -0.39 is 10.8 Å². The molecular weight excluding hydrogens is 422 g/mol. The summed E-state index contributed by atoms with van der Waals surface area (Å²) < 4.78 is 0. The van der Waals surface area contributed by atoms with Crippen LogP contribution in [0.2, 0.25) is 0 Å². The van der Waals surface area contributed by atoms with Gasteiger partial charge in [0, 0.05) is 61.8 Å². The number of rotatable bonds is 5. The van der Waals surface area contributed by atoms with Crippen LogP contribution in [0, 0.1) is 28.4 Å². The molecule has 1 aromatic carbocycles. The van der Waals surface area contributed by atoms with Gasteiger partial charge in [-0.15, -0.1) is 0 Å². The highest BCUT2D eigenvalue weighted by Crippen LogP contribution is 2.25. The molecule has 4 rings (SSSR count). The van der Waals surface area contributed by atoms with E-state index in [4.69, 9.17) is 0 Å². The Balaban J connectivity index is 1.46. The topological polar surface area (TPSA) is 129 Å². The van der Waals surface area contributed by atoms with Crippen molar-refractivity contribution >= 4 is 17.4 Å². The predicted octanol–water partition coefficient (Wildman–Crippen LogP) is 2.71. The summed E-state index contributed by atoms with van der Waals surface area (Å²) in [5.41, 5.74) is 2.16. The summed E-state index contributed by atoms with van der Waals surface area (Å²) >= 11 is 0. The van der Waals surface area contributed by atoms with Crippen LogP contribution in [0.4, 0.5) is 11.5 Å². The maximum absolute atomic E-state index is 12.9. The van der Waals surface area contributed by atoms with Gasteiger partial charge in [-0.05, 0) is 30.7 Å². The Bertz CT molecular complexity index is 1220. The fourth-order valence-electron chi connectivity index (χ4n) is 3.82. The normalized spacial score (nSPS) is 14.4. The van der Waals surface area contributed by atoms with Crippen LogP contribution in [-0.4, -0.2) is 56.9 Å². The summed E-state index contributed by atoms with van der Waals surface area (Å²) in [6, 6.07) is 12.2. The molecule has 1 unspecified atom stereocenters. The molecule has 3 heterocycles. The number of amides is 1. The third kappa shape index (κ3) is 4.62. The summed E-state index contributed by atoms with van der Waals surface area (Å²) in [4.78, 5) is 40.0. The third-order valence-corrected chi connectivity index (χ3v) is 5.68. The van der Waals surface area contributed by atoms with Crippen molar-refractivity contribution in [1.82, 2.24) is 19.9 Å². The molecule has 2 aromatic heterocycles. The Morgan fingerprint density at radius 1 is 1.12 bits per heavy atom. The van der Waals surface area contributed by atoms with E-state index in [-0.39, 0.29) is 11.6 Å². The fourth-order valence-corrected chi connectivity index (χ4v) is 3.82. The molecule has 1 fully saturated rings. The average Bonchev–Trinajstić information content (AvgIpc) is 2.85. The lowest BCUT2D eigenvalue weighted by Gasteiger charge is -2.35. The van der Waals surface area contributed by atoms with Crippen LogP contribution in [0.1, 0.15) is 33.1 Å². The number of nitro groups is 1. The van der Waals surface area contributed by atoms with Gasteiger partial charge in [-0.2, -0.15) is 5.26 Å². The first-order valence-corrected chi connectivity index (χ1v) is 10.4. The second kappa shape index (κ2) is 9.40. The first kappa shape index (κ1) is 21.8. The molecule has 1 aliphatic heterocycles. The van der Waals surface area contributed by atoms with E-state index in [0.29, 0.717) is 48.8 Å². The van der Waals surface area contributed by atoms with Crippen molar-refractivity contribution in [2.75, 3.05) is 31.1 Å². The van der Waals surface area contributed by atoms with Crippen LogP contribution in [0.5, 0.6) is 0 Å². The molecule has 1 atom stereocenters. The zero-order chi connectivity index (χ0) is 23.4. The number of piperazine rings is 1. The number of carbonyl (C=O) groups excluding carboxylic acids is 1. The zero-order valence-electron chi connectivity index (χ0n) is 18.0. The number of aryl methyl sites for hydroxylation is 1. The minimum Gasteiger partial charge on any atom is -0.353 e. The number of benzene rings is 1. The van der Waals surface area contributed by atoms with Crippen molar-refractivity contribution in [2.24, 2.45) is 0 Å². The predicted molar refractivity (Wildman–Crippen MR) is 120 cm³/mol. The maximum atomic E-state index is 12.9. The Hall–Kier alpha value is -4.39. The van der Waals surface area contributed by atoms with E-state index in [2.05, 4.69) is 21.0 Å². The van der Waals surface area contributed by atoms with Crippen LogP contribution in [0.3, 0.4) is 0 Å². The van der Waals surface area contributed by atoms with E-state index in [9.17, 15) is 20.2 Å².